The Balaban J connectivity index is 2.11. The summed E-state index contributed by atoms with van der Waals surface area (Å²) >= 11 is 3.46. The number of aromatic nitrogens is 2. The van der Waals surface area contributed by atoms with Crippen molar-refractivity contribution in [2.24, 2.45) is 5.41 Å². The maximum absolute atomic E-state index is 9.34. The van der Waals surface area contributed by atoms with Crippen molar-refractivity contribution in [3.63, 3.8) is 0 Å². The summed E-state index contributed by atoms with van der Waals surface area (Å²) in [5, 5.41) is 19.5. The van der Waals surface area contributed by atoms with E-state index in [9.17, 15) is 5.11 Å². The van der Waals surface area contributed by atoms with Crippen LogP contribution in [0.15, 0.2) is 22.8 Å². The normalized spacial score (nSPS) is 14.2. The fraction of sp³-hybridized carbons (Fsp3) is 0.556. The molecular weight excluding hydrogens is 414 g/mol. The molecule has 0 spiro atoms. The Morgan fingerprint density at radius 3 is 2.77 bits per heavy atom. The van der Waals surface area contributed by atoms with Crippen molar-refractivity contribution in [3.05, 3.63) is 22.8 Å². The molecule has 0 bridgehead atoms. The van der Waals surface area contributed by atoms with Crippen molar-refractivity contribution in [3.8, 4) is 11.9 Å². The quantitative estimate of drug-likeness (QED) is 0.471. The van der Waals surface area contributed by atoms with Gasteiger partial charge in [-0.2, -0.15) is 10.2 Å². The van der Waals surface area contributed by atoms with E-state index in [0.717, 1.165) is 23.7 Å². The molecule has 1 atom stereocenters. The highest BCUT2D eigenvalue weighted by atomic mass is 79.9. The molecule has 6 nitrogen and oxygen atoms in total. The van der Waals surface area contributed by atoms with Gasteiger partial charge in [-0.3, -0.25) is 0 Å². The lowest BCUT2D eigenvalue weighted by Crippen LogP contribution is -2.27. The van der Waals surface area contributed by atoms with Crippen LogP contribution in [-0.4, -0.2) is 42.6 Å². The first-order valence-electron chi connectivity index (χ1n) is 8.55. The molecule has 2 rings (SSSR count). The van der Waals surface area contributed by atoms with Crippen molar-refractivity contribution >= 4 is 35.0 Å². The van der Waals surface area contributed by atoms with Gasteiger partial charge in [0.15, 0.2) is 0 Å². The van der Waals surface area contributed by atoms with Crippen molar-refractivity contribution < 1.29 is 14.6 Å². The molecule has 0 aliphatic rings. The van der Waals surface area contributed by atoms with Crippen LogP contribution in [0.3, 0.4) is 0 Å². The number of rotatable bonds is 9. The number of fused-ring (bicyclic) bond motifs is 1. The second-order valence-corrected chi connectivity index (χ2v) is 14.4. The fourth-order valence-electron chi connectivity index (χ4n) is 2.16. The summed E-state index contributed by atoms with van der Waals surface area (Å²) in [5.41, 5.74) is -0.197. The minimum Gasteiger partial charge on any atom is -0.475 e. The van der Waals surface area contributed by atoms with E-state index in [1.54, 1.807) is 6.92 Å². The number of hydrogen-bond acceptors (Lipinski definition) is 5. The zero-order valence-corrected chi connectivity index (χ0v) is 18.3. The Bertz CT molecular complexity index is 797. The Morgan fingerprint density at radius 2 is 2.15 bits per heavy atom. The van der Waals surface area contributed by atoms with Gasteiger partial charge < -0.3 is 19.1 Å². The predicted molar refractivity (Wildman–Crippen MR) is 108 cm³/mol. The second-order valence-electron chi connectivity index (χ2n) is 7.94. The monoisotopic (exact) mass is 439 g/mol. The third-order valence-corrected chi connectivity index (χ3v) is 6.30. The summed E-state index contributed by atoms with van der Waals surface area (Å²) in [7, 11) is -1.11. The first kappa shape index (κ1) is 20.9. The standard InChI is InChI=1S/C18H26BrN3O3Si/c1-18(10-20,11-23)12-25-17-15(19)9-14-5-6-22(16(14)21-17)13-24-7-8-26(2,3)4/h5-6,9,23H,7-8,11-13H2,1-4H3. The van der Waals surface area contributed by atoms with Gasteiger partial charge in [0.05, 0.1) is 17.1 Å². The third-order valence-electron chi connectivity index (χ3n) is 4.03. The molecule has 0 saturated heterocycles. The van der Waals surface area contributed by atoms with Crippen LogP contribution in [0.4, 0.5) is 0 Å². The minimum absolute atomic E-state index is 0.0600. The van der Waals surface area contributed by atoms with Crippen LogP contribution >= 0.6 is 15.9 Å². The lowest BCUT2D eigenvalue weighted by molar-refractivity contribution is 0.0897. The first-order chi connectivity index (χ1) is 12.2. The lowest BCUT2D eigenvalue weighted by Gasteiger charge is -2.19. The average molecular weight is 440 g/mol. The first-order valence-corrected chi connectivity index (χ1v) is 13.1. The molecular formula is C18H26BrN3O3Si. The zero-order chi connectivity index (χ0) is 19.4. The minimum atomic E-state index is -1.11. The molecule has 26 heavy (non-hydrogen) atoms. The van der Waals surface area contributed by atoms with Gasteiger partial charge >= 0.3 is 0 Å². The molecule has 1 N–H and O–H groups in total. The number of ether oxygens (including phenoxy) is 2. The van der Waals surface area contributed by atoms with E-state index in [2.05, 4.69) is 46.6 Å². The SMILES string of the molecule is CC(C#N)(CO)COc1nc2c(ccn2COCC[Si](C)(C)C)cc1Br. The molecule has 0 aliphatic heterocycles. The second kappa shape index (κ2) is 8.52. The predicted octanol–water partition coefficient (Wildman–Crippen LogP) is 4.01. The fourth-order valence-corrected chi connectivity index (χ4v) is 3.36. The lowest BCUT2D eigenvalue weighted by atomic mass is 9.96. The van der Waals surface area contributed by atoms with Gasteiger partial charge in [0.2, 0.25) is 5.88 Å². The number of hydrogen-bond donors (Lipinski definition) is 1. The molecule has 0 aromatic carbocycles. The maximum Gasteiger partial charge on any atom is 0.230 e. The third kappa shape index (κ3) is 5.55. The molecule has 2 heterocycles. The number of aliphatic hydroxyl groups is 1. The van der Waals surface area contributed by atoms with Crippen molar-refractivity contribution in [1.29, 1.82) is 5.26 Å². The van der Waals surface area contributed by atoms with Gasteiger partial charge in [-0.15, -0.1) is 0 Å². The highest BCUT2D eigenvalue weighted by Crippen LogP contribution is 2.29. The molecule has 8 heteroatoms. The van der Waals surface area contributed by atoms with Gasteiger partial charge in [-0.25, -0.2) is 0 Å². The van der Waals surface area contributed by atoms with E-state index in [-0.39, 0.29) is 13.2 Å². The Morgan fingerprint density at radius 1 is 1.42 bits per heavy atom. The summed E-state index contributed by atoms with van der Waals surface area (Å²) in [4.78, 5) is 4.57. The number of aliphatic hydroxyl groups excluding tert-OH is 1. The number of pyridine rings is 1. The summed E-state index contributed by atoms with van der Waals surface area (Å²) < 4.78 is 14.2. The summed E-state index contributed by atoms with van der Waals surface area (Å²) in [6.45, 7) is 9.59. The molecule has 0 fully saturated rings. The maximum atomic E-state index is 9.34. The van der Waals surface area contributed by atoms with Crippen LogP contribution in [-0.2, 0) is 11.5 Å². The number of nitrogens with zero attached hydrogens (tertiary/aromatic N) is 3. The van der Waals surface area contributed by atoms with Crippen LogP contribution in [0.2, 0.25) is 25.7 Å². The van der Waals surface area contributed by atoms with E-state index < -0.39 is 13.5 Å². The highest BCUT2D eigenvalue weighted by Gasteiger charge is 2.25. The molecule has 0 amide bonds. The largest absolute Gasteiger partial charge is 0.475 e. The smallest absolute Gasteiger partial charge is 0.230 e. The van der Waals surface area contributed by atoms with Gasteiger partial charge in [-0.05, 0) is 41.0 Å². The Kier molecular flexibility index (Phi) is 6.85. The van der Waals surface area contributed by atoms with Crippen LogP contribution in [0.5, 0.6) is 5.88 Å². The van der Waals surface area contributed by atoms with Crippen LogP contribution in [0.1, 0.15) is 6.92 Å². The summed E-state index contributed by atoms with van der Waals surface area (Å²) in [6, 6.07) is 7.09. The molecule has 1 unspecified atom stereocenters. The number of nitriles is 1. The van der Waals surface area contributed by atoms with Gasteiger partial charge in [0, 0.05) is 26.3 Å². The van der Waals surface area contributed by atoms with E-state index in [0.29, 0.717) is 17.1 Å². The van der Waals surface area contributed by atoms with Gasteiger partial charge in [-0.1, -0.05) is 19.6 Å². The van der Waals surface area contributed by atoms with E-state index in [1.807, 2.05) is 22.9 Å². The van der Waals surface area contributed by atoms with Crippen LogP contribution in [0.25, 0.3) is 11.0 Å². The molecule has 2 aromatic rings. The van der Waals surface area contributed by atoms with Crippen molar-refractivity contribution in [1.82, 2.24) is 9.55 Å². The average Bonchev–Trinajstić information content (AvgIpc) is 2.97. The van der Waals surface area contributed by atoms with Gasteiger partial charge in [0.1, 0.15) is 24.4 Å². The van der Waals surface area contributed by atoms with Crippen LogP contribution < -0.4 is 4.74 Å². The zero-order valence-electron chi connectivity index (χ0n) is 15.8. The molecule has 142 valence electrons. The van der Waals surface area contributed by atoms with Crippen LogP contribution in [0, 0.1) is 16.7 Å². The molecule has 0 radical (unpaired) electrons. The topological polar surface area (TPSA) is 80.3 Å². The van der Waals surface area contributed by atoms with Crippen molar-refractivity contribution in [2.45, 2.75) is 39.3 Å². The Hall–Kier alpha value is -1.40. The molecule has 0 saturated carbocycles. The molecule has 2 aromatic heterocycles. The van der Waals surface area contributed by atoms with Crippen molar-refractivity contribution in [2.75, 3.05) is 19.8 Å². The van der Waals surface area contributed by atoms with E-state index >= 15 is 0 Å². The van der Waals surface area contributed by atoms with Gasteiger partial charge in [0.25, 0.3) is 0 Å². The van der Waals surface area contributed by atoms with E-state index in [4.69, 9.17) is 14.7 Å². The summed E-state index contributed by atoms with van der Waals surface area (Å²) in [5.74, 6) is 0.398. The van der Waals surface area contributed by atoms with E-state index in [1.165, 1.54) is 0 Å². The summed E-state index contributed by atoms with van der Waals surface area (Å²) in [6.07, 6.45) is 1.94. The molecule has 0 aliphatic carbocycles. The number of halogens is 1. The Labute approximate surface area is 163 Å². The highest BCUT2D eigenvalue weighted by molar-refractivity contribution is 9.10.